The monoisotopic (exact) mass is 321 g/mol. The van der Waals surface area contributed by atoms with Crippen molar-refractivity contribution in [3.05, 3.63) is 45.8 Å². The molecule has 0 radical (unpaired) electrons. The number of hydrogen-bond acceptors (Lipinski definition) is 4. The van der Waals surface area contributed by atoms with Crippen LogP contribution in [0.2, 0.25) is 10.3 Å². The molecule has 0 aliphatic heterocycles. The fourth-order valence-electron chi connectivity index (χ4n) is 2.06. The Morgan fingerprint density at radius 1 is 1.24 bits per heavy atom. The third-order valence-corrected chi connectivity index (χ3v) is 3.84. The first-order chi connectivity index (χ1) is 10.0. The molecule has 0 atom stereocenters. The molecule has 7 heteroatoms. The molecule has 0 spiro atoms. The summed E-state index contributed by atoms with van der Waals surface area (Å²) in [6, 6.07) is 5.95. The van der Waals surface area contributed by atoms with Crippen LogP contribution in [0.4, 0.5) is 5.82 Å². The van der Waals surface area contributed by atoms with Crippen molar-refractivity contribution in [2.24, 2.45) is 7.05 Å². The van der Waals surface area contributed by atoms with Gasteiger partial charge in [-0.05, 0) is 35.7 Å². The van der Waals surface area contributed by atoms with Gasteiger partial charge >= 0.3 is 0 Å². The number of aryl methyl sites for hydroxylation is 2. The second-order valence-corrected chi connectivity index (χ2v) is 5.53. The predicted octanol–water partition coefficient (Wildman–Crippen LogP) is 3.59. The van der Waals surface area contributed by atoms with Crippen LogP contribution in [0.1, 0.15) is 11.1 Å². The van der Waals surface area contributed by atoms with Gasteiger partial charge in [0.25, 0.3) is 0 Å². The Balaban J connectivity index is 1.89. The molecule has 0 saturated carbocycles. The molecule has 1 aromatic carbocycles. The Labute approximate surface area is 131 Å². The molecular formula is C14H13Cl2N5. The summed E-state index contributed by atoms with van der Waals surface area (Å²) in [6.45, 7) is 2.57. The lowest BCUT2D eigenvalue weighted by molar-refractivity contribution is 0.785. The number of aromatic nitrogens is 4. The minimum absolute atomic E-state index is 0.190. The smallest absolute Gasteiger partial charge is 0.226 e. The van der Waals surface area contributed by atoms with Gasteiger partial charge in [-0.3, -0.25) is 4.68 Å². The molecule has 0 amide bonds. The van der Waals surface area contributed by atoms with E-state index >= 15 is 0 Å². The molecular weight excluding hydrogens is 309 g/mol. The van der Waals surface area contributed by atoms with Crippen molar-refractivity contribution in [1.29, 1.82) is 0 Å². The summed E-state index contributed by atoms with van der Waals surface area (Å²) in [5.74, 6) is 0.662. The number of halogens is 2. The summed E-state index contributed by atoms with van der Waals surface area (Å²) in [6.07, 6.45) is 1.72. The Hall–Kier alpha value is -1.85. The standard InChI is InChI=1S/C14H13Cl2N5/c1-8-3-4-9(5-11(8)15)6-17-12-10-7-18-21(2)13(10)20-14(16)19-12/h3-5,7H,6H2,1-2H3,(H,17,19,20). The lowest BCUT2D eigenvalue weighted by Crippen LogP contribution is -2.03. The number of hydrogen-bond donors (Lipinski definition) is 1. The van der Waals surface area contributed by atoms with Gasteiger partial charge in [0.1, 0.15) is 5.82 Å². The van der Waals surface area contributed by atoms with E-state index in [9.17, 15) is 0 Å². The number of nitrogens with zero attached hydrogens (tertiary/aromatic N) is 4. The lowest BCUT2D eigenvalue weighted by atomic mass is 10.1. The number of anilines is 1. The van der Waals surface area contributed by atoms with Gasteiger partial charge in [0.15, 0.2) is 5.65 Å². The average Bonchev–Trinajstić information content (AvgIpc) is 2.81. The maximum absolute atomic E-state index is 6.13. The van der Waals surface area contributed by atoms with Gasteiger partial charge in [-0.25, -0.2) is 0 Å². The van der Waals surface area contributed by atoms with Crippen molar-refractivity contribution in [3.8, 4) is 0 Å². The highest BCUT2D eigenvalue weighted by atomic mass is 35.5. The zero-order valence-electron chi connectivity index (χ0n) is 11.6. The third-order valence-electron chi connectivity index (χ3n) is 3.26. The summed E-state index contributed by atoms with van der Waals surface area (Å²) in [5, 5.41) is 9.21. The topological polar surface area (TPSA) is 55.6 Å². The largest absolute Gasteiger partial charge is 0.365 e. The van der Waals surface area contributed by atoms with Gasteiger partial charge in [-0.2, -0.15) is 15.1 Å². The molecule has 21 heavy (non-hydrogen) atoms. The maximum atomic E-state index is 6.13. The predicted molar refractivity (Wildman–Crippen MR) is 84.8 cm³/mol. The zero-order chi connectivity index (χ0) is 15.0. The molecule has 2 aromatic heterocycles. The Kier molecular flexibility index (Phi) is 3.69. The summed E-state index contributed by atoms with van der Waals surface area (Å²) >= 11 is 12.1. The van der Waals surface area contributed by atoms with Crippen LogP contribution in [0.15, 0.2) is 24.4 Å². The van der Waals surface area contributed by atoms with E-state index < -0.39 is 0 Å². The van der Waals surface area contributed by atoms with Gasteiger partial charge in [0.05, 0.1) is 11.6 Å². The summed E-state index contributed by atoms with van der Waals surface area (Å²) in [4.78, 5) is 8.40. The molecule has 2 heterocycles. The molecule has 0 unspecified atom stereocenters. The summed E-state index contributed by atoms with van der Waals surface area (Å²) in [5.41, 5.74) is 2.82. The Morgan fingerprint density at radius 3 is 2.81 bits per heavy atom. The minimum atomic E-state index is 0.190. The fourth-order valence-corrected chi connectivity index (χ4v) is 2.43. The zero-order valence-corrected chi connectivity index (χ0v) is 13.1. The van der Waals surface area contributed by atoms with E-state index in [-0.39, 0.29) is 5.28 Å². The molecule has 1 N–H and O–H groups in total. The number of nitrogens with one attached hydrogen (secondary N) is 1. The van der Waals surface area contributed by atoms with Crippen LogP contribution in [-0.2, 0) is 13.6 Å². The molecule has 0 fully saturated rings. The van der Waals surface area contributed by atoms with E-state index in [2.05, 4.69) is 20.4 Å². The van der Waals surface area contributed by atoms with Crippen molar-refractivity contribution in [2.75, 3.05) is 5.32 Å². The van der Waals surface area contributed by atoms with Crippen molar-refractivity contribution in [2.45, 2.75) is 13.5 Å². The van der Waals surface area contributed by atoms with E-state index in [4.69, 9.17) is 23.2 Å². The summed E-state index contributed by atoms with van der Waals surface area (Å²) < 4.78 is 1.66. The molecule has 108 valence electrons. The molecule has 0 bridgehead atoms. The first-order valence-corrected chi connectivity index (χ1v) is 7.14. The minimum Gasteiger partial charge on any atom is -0.365 e. The maximum Gasteiger partial charge on any atom is 0.226 e. The summed E-state index contributed by atoms with van der Waals surface area (Å²) in [7, 11) is 1.81. The first-order valence-electron chi connectivity index (χ1n) is 6.39. The van der Waals surface area contributed by atoms with Crippen LogP contribution in [-0.4, -0.2) is 19.7 Å². The van der Waals surface area contributed by atoms with Gasteiger partial charge < -0.3 is 5.32 Å². The highest BCUT2D eigenvalue weighted by molar-refractivity contribution is 6.31. The van der Waals surface area contributed by atoms with Gasteiger partial charge in [0.2, 0.25) is 5.28 Å². The lowest BCUT2D eigenvalue weighted by Gasteiger charge is -2.08. The van der Waals surface area contributed by atoms with Crippen molar-refractivity contribution < 1.29 is 0 Å². The van der Waals surface area contributed by atoms with E-state index in [0.717, 1.165) is 21.5 Å². The second-order valence-electron chi connectivity index (χ2n) is 4.78. The van der Waals surface area contributed by atoms with E-state index in [0.29, 0.717) is 18.0 Å². The van der Waals surface area contributed by atoms with Crippen molar-refractivity contribution >= 4 is 40.1 Å². The number of benzene rings is 1. The molecule has 0 saturated heterocycles. The average molecular weight is 322 g/mol. The third kappa shape index (κ3) is 2.80. The molecule has 3 aromatic rings. The molecule has 0 aliphatic carbocycles. The molecule has 5 nitrogen and oxygen atoms in total. The van der Waals surface area contributed by atoms with Crippen LogP contribution >= 0.6 is 23.2 Å². The number of fused-ring (bicyclic) bond motifs is 1. The SMILES string of the molecule is Cc1ccc(CNc2nc(Cl)nc3c2cnn3C)cc1Cl. The fraction of sp³-hybridized carbons (Fsp3) is 0.214. The molecule has 3 rings (SSSR count). The quantitative estimate of drug-likeness (QED) is 0.749. The van der Waals surface area contributed by atoms with E-state index in [1.54, 1.807) is 10.9 Å². The van der Waals surface area contributed by atoms with Gasteiger partial charge in [-0.15, -0.1) is 0 Å². The van der Waals surface area contributed by atoms with Gasteiger partial charge in [-0.1, -0.05) is 23.7 Å². The first kappa shape index (κ1) is 14.1. The Morgan fingerprint density at radius 2 is 2.05 bits per heavy atom. The van der Waals surface area contributed by atoms with Gasteiger partial charge in [0, 0.05) is 18.6 Å². The highest BCUT2D eigenvalue weighted by Crippen LogP contribution is 2.23. The normalized spacial score (nSPS) is 11.0. The highest BCUT2D eigenvalue weighted by Gasteiger charge is 2.10. The van der Waals surface area contributed by atoms with Crippen LogP contribution in [0.5, 0.6) is 0 Å². The van der Waals surface area contributed by atoms with E-state index in [1.807, 2.05) is 32.2 Å². The van der Waals surface area contributed by atoms with E-state index in [1.165, 1.54) is 0 Å². The number of rotatable bonds is 3. The van der Waals surface area contributed by atoms with Crippen molar-refractivity contribution in [1.82, 2.24) is 19.7 Å². The second kappa shape index (κ2) is 5.50. The van der Waals surface area contributed by atoms with Crippen molar-refractivity contribution in [3.63, 3.8) is 0 Å². The van der Waals surface area contributed by atoms with Crippen LogP contribution < -0.4 is 5.32 Å². The Bertz CT molecular complexity index is 812. The van der Waals surface area contributed by atoms with Crippen LogP contribution in [0.3, 0.4) is 0 Å². The van der Waals surface area contributed by atoms with Crippen LogP contribution in [0, 0.1) is 6.92 Å². The van der Waals surface area contributed by atoms with Crippen LogP contribution in [0.25, 0.3) is 11.0 Å². The molecule has 0 aliphatic rings.